The number of imidazole rings is 1. The number of thiazole rings is 1. The third kappa shape index (κ3) is 2.07. The van der Waals surface area contributed by atoms with Crippen molar-refractivity contribution in [1.29, 1.82) is 0 Å². The van der Waals surface area contributed by atoms with Crippen molar-refractivity contribution in [3.8, 4) is 11.6 Å². The average Bonchev–Trinajstić information content (AvgIpc) is 3.19. The SMILES string of the molecule is COc1nc2sccn2c1CNC1COc2ccccc21. The lowest BCUT2D eigenvalue weighted by Crippen LogP contribution is -2.22. The van der Waals surface area contributed by atoms with Crippen LogP contribution in [0.5, 0.6) is 11.6 Å². The van der Waals surface area contributed by atoms with E-state index in [1.165, 1.54) is 5.56 Å². The van der Waals surface area contributed by atoms with E-state index in [1.807, 2.05) is 29.8 Å². The molecule has 0 amide bonds. The first-order valence-corrected chi connectivity index (χ1v) is 7.68. The van der Waals surface area contributed by atoms with Gasteiger partial charge in [-0.25, -0.2) is 0 Å². The van der Waals surface area contributed by atoms with Crippen LogP contribution in [-0.2, 0) is 6.54 Å². The van der Waals surface area contributed by atoms with E-state index in [-0.39, 0.29) is 6.04 Å². The van der Waals surface area contributed by atoms with E-state index in [2.05, 4.69) is 20.8 Å². The van der Waals surface area contributed by atoms with E-state index in [0.29, 0.717) is 19.0 Å². The van der Waals surface area contributed by atoms with Gasteiger partial charge in [-0.1, -0.05) is 18.2 Å². The fraction of sp³-hybridized carbons (Fsp3) is 0.267. The molecule has 5 nitrogen and oxygen atoms in total. The summed E-state index contributed by atoms with van der Waals surface area (Å²) in [6.45, 7) is 1.34. The summed E-state index contributed by atoms with van der Waals surface area (Å²) in [4.78, 5) is 5.42. The molecule has 3 heterocycles. The van der Waals surface area contributed by atoms with Gasteiger partial charge in [0.2, 0.25) is 5.88 Å². The Kier molecular flexibility index (Phi) is 3.05. The third-order valence-electron chi connectivity index (χ3n) is 3.73. The van der Waals surface area contributed by atoms with Crippen LogP contribution in [0.2, 0.25) is 0 Å². The molecule has 0 fully saturated rings. The van der Waals surface area contributed by atoms with E-state index in [9.17, 15) is 0 Å². The van der Waals surface area contributed by atoms with E-state index >= 15 is 0 Å². The Hall–Kier alpha value is -2.05. The van der Waals surface area contributed by atoms with Crippen molar-refractivity contribution in [3.63, 3.8) is 0 Å². The number of aromatic nitrogens is 2. The zero-order chi connectivity index (χ0) is 14.2. The highest BCUT2D eigenvalue weighted by Crippen LogP contribution is 2.32. The maximum atomic E-state index is 5.70. The maximum Gasteiger partial charge on any atom is 0.237 e. The van der Waals surface area contributed by atoms with Crippen LogP contribution in [0.4, 0.5) is 0 Å². The van der Waals surface area contributed by atoms with Gasteiger partial charge in [0.25, 0.3) is 0 Å². The van der Waals surface area contributed by atoms with Gasteiger partial charge in [-0.15, -0.1) is 11.3 Å². The van der Waals surface area contributed by atoms with Crippen LogP contribution in [-0.4, -0.2) is 23.1 Å². The largest absolute Gasteiger partial charge is 0.491 e. The minimum absolute atomic E-state index is 0.204. The Morgan fingerprint density at radius 1 is 1.48 bits per heavy atom. The van der Waals surface area contributed by atoms with E-state index in [1.54, 1.807) is 18.4 Å². The first-order chi connectivity index (χ1) is 10.4. The lowest BCUT2D eigenvalue weighted by molar-refractivity contribution is 0.308. The van der Waals surface area contributed by atoms with Gasteiger partial charge in [0.1, 0.15) is 18.1 Å². The Bertz CT molecular complexity index is 780. The molecule has 0 spiro atoms. The molecule has 21 heavy (non-hydrogen) atoms. The number of nitrogens with zero attached hydrogens (tertiary/aromatic N) is 2. The summed E-state index contributed by atoms with van der Waals surface area (Å²) in [5, 5.41) is 5.56. The van der Waals surface area contributed by atoms with Crippen molar-refractivity contribution < 1.29 is 9.47 Å². The number of methoxy groups -OCH3 is 1. The van der Waals surface area contributed by atoms with Crippen LogP contribution in [0.1, 0.15) is 17.3 Å². The summed E-state index contributed by atoms with van der Waals surface area (Å²) >= 11 is 1.60. The number of benzene rings is 1. The summed E-state index contributed by atoms with van der Waals surface area (Å²) in [7, 11) is 1.66. The molecule has 1 aromatic carbocycles. The van der Waals surface area contributed by atoms with Crippen molar-refractivity contribution in [2.75, 3.05) is 13.7 Å². The van der Waals surface area contributed by atoms with Gasteiger partial charge in [0.15, 0.2) is 4.96 Å². The topological polar surface area (TPSA) is 47.8 Å². The summed E-state index contributed by atoms with van der Waals surface area (Å²) < 4.78 is 13.1. The van der Waals surface area contributed by atoms with Crippen LogP contribution in [0.15, 0.2) is 35.8 Å². The van der Waals surface area contributed by atoms with Gasteiger partial charge in [0, 0.05) is 23.7 Å². The molecule has 2 aromatic heterocycles. The average molecular weight is 301 g/mol. The number of para-hydroxylation sites is 1. The van der Waals surface area contributed by atoms with E-state index in [4.69, 9.17) is 9.47 Å². The van der Waals surface area contributed by atoms with E-state index < -0.39 is 0 Å². The molecular weight excluding hydrogens is 286 g/mol. The van der Waals surface area contributed by atoms with Gasteiger partial charge in [0.05, 0.1) is 13.2 Å². The monoisotopic (exact) mass is 301 g/mol. The fourth-order valence-corrected chi connectivity index (χ4v) is 3.41. The van der Waals surface area contributed by atoms with Gasteiger partial charge in [-0.05, 0) is 6.07 Å². The fourth-order valence-electron chi connectivity index (χ4n) is 2.69. The van der Waals surface area contributed by atoms with Gasteiger partial charge in [-0.2, -0.15) is 4.98 Å². The van der Waals surface area contributed by atoms with Crippen molar-refractivity contribution >= 4 is 16.3 Å². The number of fused-ring (bicyclic) bond motifs is 2. The Labute approximate surface area is 126 Å². The third-order valence-corrected chi connectivity index (χ3v) is 4.49. The van der Waals surface area contributed by atoms with Crippen LogP contribution in [0.25, 0.3) is 4.96 Å². The molecule has 0 bridgehead atoms. The predicted octanol–water partition coefficient (Wildman–Crippen LogP) is 2.63. The number of nitrogens with one attached hydrogen (secondary N) is 1. The summed E-state index contributed by atoms with van der Waals surface area (Å²) in [6.07, 6.45) is 2.02. The molecule has 0 radical (unpaired) electrons. The highest BCUT2D eigenvalue weighted by molar-refractivity contribution is 7.15. The van der Waals surface area contributed by atoms with Gasteiger partial charge in [-0.3, -0.25) is 4.40 Å². The second-order valence-electron chi connectivity index (χ2n) is 4.91. The normalized spacial score (nSPS) is 16.9. The summed E-state index contributed by atoms with van der Waals surface area (Å²) in [5.74, 6) is 1.65. The van der Waals surface area contributed by atoms with Crippen LogP contribution < -0.4 is 14.8 Å². The minimum Gasteiger partial charge on any atom is -0.491 e. The first kappa shape index (κ1) is 12.7. The number of hydrogen-bond donors (Lipinski definition) is 1. The zero-order valence-electron chi connectivity index (χ0n) is 11.6. The minimum atomic E-state index is 0.204. The molecule has 3 aromatic rings. The van der Waals surface area contributed by atoms with Crippen molar-refractivity contribution in [2.45, 2.75) is 12.6 Å². The summed E-state index contributed by atoms with van der Waals surface area (Å²) in [5.41, 5.74) is 2.25. The Morgan fingerprint density at radius 3 is 3.29 bits per heavy atom. The van der Waals surface area contributed by atoms with Crippen LogP contribution in [0.3, 0.4) is 0 Å². The van der Waals surface area contributed by atoms with Gasteiger partial charge < -0.3 is 14.8 Å². The number of ether oxygens (including phenoxy) is 2. The van der Waals surface area contributed by atoms with Crippen LogP contribution in [0, 0.1) is 0 Å². The molecule has 0 aliphatic carbocycles. The zero-order valence-corrected chi connectivity index (χ0v) is 12.4. The molecule has 1 aliphatic rings. The highest BCUT2D eigenvalue weighted by atomic mass is 32.1. The molecule has 1 N–H and O–H groups in total. The van der Waals surface area contributed by atoms with Crippen molar-refractivity contribution in [1.82, 2.24) is 14.7 Å². The second-order valence-corrected chi connectivity index (χ2v) is 5.78. The highest BCUT2D eigenvalue weighted by Gasteiger charge is 2.24. The quantitative estimate of drug-likeness (QED) is 0.805. The van der Waals surface area contributed by atoms with E-state index in [0.717, 1.165) is 16.4 Å². The number of hydrogen-bond acceptors (Lipinski definition) is 5. The molecular formula is C15H15N3O2S. The molecule has 1 atom stereocenters. The second kappa shape index (κ2) is 5.05. The molecule has 1 unspecified atom stereocenters. The molecule has 108 valence electrons. The standard InChI is InChI=1S/C15H15N3O2S/c1-19-14-12(18-6-7-21-15(18)17-14)8-16-11-9-20-13-5-3-2-4-10(11)13/h2-7,11,16H,8-9H2,1H3. The smallest absolute Gasteiger partial charge is 0.237 e. The lowest BCUT2D eigenvalue weighted by atomic mass is 10.1. The maximum absolute atomic E-state index is 5.70. The molecule has 4 rings (SSSR count). The van der Waals surface area contributed by atoms with Crippen molar-refractivity contribution in [2.24, 2.45) is 0 Å². The molecule has 0 saturated heterocycles. The summed E-state index contributed by atoms with van der Waals surface area (Å²) in [6, 6.07) is 8.35. The molecule has 1 aliphatic heterocycles. The Morgan fingerprint density at radius 2 is 2.38 bits per heavy atom. The van der Waals surface area contributed by atoms with Crippen LogP contribution >= 0.6 is 11.3 Å². The first-order valence-electron chi connectivity index (χ1n) is 6.80. The van der Waals surface area contributed by atoms with Crippen molar-refractivity contribution in [3.05, 3.63) is 47.1 Å². The predicted molar refractivity (Wildman–Crippen MR) is 81.1 cm³/mol. The Balaban J connectivity index is 1.58. The number of rotatable bonds is 4. The lowest BCUT2D eigenvalue weighted by Gasteiger charge is -2.11. The molecule has 6 heteroatoms. The van der Waals surface area contributed by atoms with Gasteiger partial charge >= 0.3 is 0 Å². The molecule has 0 saturated carbocycles.